The van der Waals surface area contributed by atoms with Gasteiger partial charge in [-0.15, -0.1) is 0 Å². The van der Waals surface area contributed by atoms with Crippen LogP contribution in [0.15, 0.2) is 42.0 Å². The summed E-state index contributed by atoms with van der Waals surface area (Å²) < 4.78 is 0. The maximum Gasteiger partial charge on any atom is 0.0917 e. The Labute approximate surface area is 174 Å². The van der Waals surface area contributed by atoms with Crippen molar-refractivity contribution in [2.24, 2.45) is 5.73 Å². The van der Waals surface area contributed by atoms with Gasteiger partial charge in [-0.2, -0.15) is 0 Å². The largest absolute Gasteiger partial charge is 0.387 e. The fraction of sp³-hybridized carbons (Fsp3) is 0.333. The van der Waals surface area contributed by atoms with Crippen molar-refractivity contribution in [3.63, 3.8) is 0 Å². The lowest BCUT2D eigenvalue weighted by Gasteiger charge is -2.38. The van der Waals surface area contributed by atoms with Crippen LogP contribution in [-0.2, 0) is 6.42 Å². The molecule has 4 rings (SSSR count). The third kappa shape index (κ3) is 3.65. The third-order valence-electron chi connectivity index (χ3n) is 5.62. The Morgan fingerprint density at radius 2 is 1.93 bits per heavy atom. The molecular weight excluding hydrogens is 403 g/mol. The Morgan fingerprint density at radius 1 is 1.11 bits per heavy atom. The molecule has 2 aromatic rings. The summed E-state index contributed by atoms with van der Waals surface area (Å²) in [6.07, 6.45) is 1.20. The van der Waals surface area contributed by atoms with E-state index in [1.165, 1.54) is 22.3 Å². The van der Waals surface area contributed by atoms with Crippen LogP contribution in [0.2, 0.25) is 15.1 Å². The van der Waals surface area contributed by atoms with Gasteiger partial charge in [0.25, 0.3) is 0 Å². The van der Waals surface area contributed by atoms with Crippen molar-refractivity contribution >= 4 is 40.4 Å². The van der Waals surface area contributed by atoms with Crippen molar-refractivity contribution in [3.8, 4) is 0 Å². The molecule has 0 saturated heterocycles. The standard InChI is InChI=1S/C21H21Cl3N2O/c22-14-3-1-12-7-17-15(16(12)9-14)5-6-26(20(17)10-25)11-21(27)13-2-4-18(23)19(24)8-13/h1-4,8-9,20-21,27H,5-7,10-11,25H2. The van der Waals surface area contributed by atoms with Gasteiger partial charge in [0.2, 0.25) is 0 Å². The molecule has 6 heteroatoms. The van der Waals surface area contributed by atoms with E-state index >= 15 is 0 Å². The highest BCUT2D eigenvalue weighted by molar-refractivity contribution is 6.42. The Hall–Kier alpha value is -1.07. The minimum atomic E-state index is -0.644. The highest BCUT2D eigenvalue weighted by Gasteiger charge is 2.34. The van der Waals surface area contributed by atoms with Crippen molar-refractivity contribution in [3.05, 3.63) is 73.7 Å². The molecule has 2 aromatic carbocycles. The molecule has 27 heavy (non-hydrogen) atoms. The molecule has 0 bridgehead atoms. The number of hydrogen-bond acceptors (Lipinski definition) is 3. The minimum Gasteiger partial charge on any atom is -0.387 e. The number of aliphatic hydroxyl groups excluding tert-OH is 1. The summed E-state index contributed by atoms with van der Waals surface area (Å²) in [4.78, 5) is 2.28. The highest BCUT2D eigenvalue weighted by Crippen LogP contribution is 2.42. The zero-order valence-corrected chi connectivity index (χ0v) is 17.0. The van der Waals surface area contributed by atoms with Crippen LogP contribution in [0.3, 0.4) is 0 Å². The van der Waals surface area contributed by atoms with Crippen molar-refractivity contribution in [2.45, 2.75) is 25.0 Å². The smallest absolute Gasteiger partial charge is 0.0917 e. The number of β-amino-alcohol motifs (C(OH)–C–C–N with tert-alkyl or cyclic N) is 1. The van der Waals surface area contributed by atoms with Gasteiger partial charge in [0.05, 0.1) is 16.1 Å². The maximum absolute atomic E-state index is 10.7. The van der Waals surface area contributed by atoms with Crippen LogP contribution in [-0.4, -0.2) is 35.7 Å². The molecule has 0 radical (unpaired) electrons. The van der Waals surface area contributed by atoms with E-state index in [-0.39, 0.29) is 6.04 Å². The molecular formula is C21H21Cl3N2O. The van der Waals surface area contributed by atoms with Crippen molar-refractivity contribution < 1.29 is 5.11 Å². The summed E-state index contributed by atoms with van der Waals surface area (Å²) in [6, 6.07) is 11.5. The number of nitrogens with zero attached hydrogens (tertiary/aromatic N) is 1. The fourth-order valence-electron chi connectivity index (χ4n) is 4.27. The quantitative estimate of drug-likeness (QED) is 0.748. The highest BCUT2D eigenvalue weighted by atomic mass is 35.5. The van der Waals surface area contributed by atoms with Crippen LogP contribution >= 0.6 is 34.8 Å². The molecule has 2 unspecified atom stereocenters. The van der Waals surface area contributed by atoms with Crippen molar-refractivity contribution in [2.75, 3.05) is 19.6 Å². The first kappa shape index (κ1) is 19.3. The van der Waals surface area contributed by atoms with E-state index in [1.54, 1.807) is 12.1 Å². The number of benzene rings is 2. The molecule has 2 aliphatic rings. The Balaban J connectivity index is 1.56. The first-order chi connectivity index (χ1) is 13.0. The summed E-state index contributed by atoms with van der Waals surface area (Å²) in [7, 11) is 0. The van der Waals surface area contributed by atoms with Gasteiger partial charge in [0.1, 0.15) is 0 Å². The predicted molar refractivity (Wildman–Crippen MR) is 113 cm³/mol. The van der Waals surface area contributed by atoms with Crippen LogP contribution in [0.5, 0.6) is 0 Å². The number of aliphatic hydroxyl groups is 1. The monoisotopic (exact) mass is 422 g/mol. The summed E-state index contributed by atoms with van der Waals surface area (Å²) >= 11 is 18.3. The number of nitrogens with two attached hydrogens (primary N) is 1. The lowest BCUT2D eigenvalue weighted by atomic mass is 9.92. The molecule has 0 amide bonds. The van der Waals surface area contributed by atoms with Crippen LogP contribution in [0, 0.1) is 0 Å². The predicted octanol–water partition coefficient (Wildman–Crippen LogP) is 4.72. The normalized spacial score (nSPS) is 20.6. The second kappa shape index (κ2) is 7.75. The Bertz CT molecular complexity index is 912. The van der Waals surface area contributed by atoms with E-state index in [2.05, 4.69) is 17.0 Å². The van der Waals surface area contributed by atoms with Crippen LogP contribution in [0.4, 0.5) is 0 Å². The zero-order valence-electron chi connectivity index (χ0n) is 14.8. The molecule has 1 aliphatic heterocycles. The van der Waals surface area contributed by atoms with E-state index in [0.29, 0.717) is 23.1 Å². The van der Waals surface area contributed by atoms with Crippen LogP contribution < -0.4 is 5.73 Å². The first-order valence-corrected chi connectivity index (χ1v) is 10.2. The average Bonchev–Trinajstić information content (AvgIpc) is 3.01. The molecule has 3 nitrogen and oxygen atoms in total. The summed E-state index contributed by atoms with van der Waals surface area (Å²) in [5.74, 6) is 0. The average molecular weight is 424 g/mol. The SMILES string of the molecule is NCC1C2=C(CCN1CC(O)c1ccc(Cl)c(Cl)c1)c1cc(Cl)ccc1C2. The summed E-state index contributed by atoms with van der Waals surface area (Å²) in [5, 5.41) is 12.4. The number of fused-ring (bicyclic) bond motifs is 2. The molecule has 1 aliphatic carbocycles. The maximum atomic E-state index is 10.7. The van der Waals surface area contributed by atoms with E-state index < -0.39 is 6.10 Å². The van der Waals surface area contributed by atoms with Crippen LogP contribution in [0.1, 0.15) is 29.2 Å². The lowest BCUT2D eigenvalue weighted by molar-refractivity contribution is 0.0953. The Morgan fingerprint density at radius 3 is 2.67 bits per heavy atom. The third-order valence-corrected chi connectivity index (χ3v) is 6.59. The van der Waals surface area contributed by atoms with Crippen molar-refractivity contribution in [1.82, 2.24) is 4.90 Å². The van der Waals surface area contributed by atoms with Gasteiger partial charge in [0.15, 0.2) is 0 Å². The number of hydrogen-bond donors (Lipinski definition) is 2. The molecule has 0 spiro atoms. The van der Waals surface area contributed by atoms with E-state index in [9.17, 15) is 5.11 Å². The molecule has 0 aromatic heterocycles. The zero-order chi connectivity index (χ0) is 19.1. The van der Waals surface area contributed by atoms with E-state index in [4.69, 9.17) is 40.5 Å². The van der Waals surface area contributed by atoms with Gasteiger partial charge in [-0.3, -0.25) is 4.90 Å². The molecule has 0 fully saturated rings. The van der Waals surface area contributed by atoms with Gasteiger partial charge in [-0.1, -0.05) is 46.9 Å². The molecule has 2 atom stereocenters. The molecule has 3 N–H and O–H groups in total. The van der Waals surface area contributed by atoms with E-state index in [0.717, 1.165) is 30.0 Å². The van der Waals surface area contributed by atoms with Gasteiger partial charge >= 0.3 is 0 Å². The van der Waals surface area contributed by atoms with Gasteiger partial charge in [0, 0.05) is 30.7 Å². The Kier molecular flexibility index (Phi) is 5.52. The molecule has 1 heterocycles. The second-order valence-electron chi connectivity index (χ2n) is 7.17. The van der Waals surface area contributed by atoms with E-state index in [1.807, 2.05) is 12.1 Å². The minimum absolute atomic E-state index is 0.123. The lowest BCUT2D eigenvalue weighted by Crippen LogP contribution is -2.47. The first-order valence-electron chi connectivity index (χ1n) is 9.05. The topological polar surface area (TPSA) is 49.5 Å². The van der Waals surface area contributed by atoms with Gasteiger partial charge in [-0.05, 0) is 64.9 Å². The van der Waals surface area contributed by atoms with Gasteiger partial charge < -0.3 is 10.8 Å². The number of rotatable bonds is 4. The van der Waals surface area contributed by atoms with Gasteiger partial charge in [-0.25, -0.2) is 0 Å². The molecule has 142 valence electrons. The number of halogens is 3. The summed E-state index contributed by atoms with van der Waals surface area (Å²) in [5.41, 5.74) is 12.2. The second-order valence-corrected chi connectivity index (χ2v) is 8.42. The molecule has 0 saturated carbocycles. The fourth-order valence-corrected chi connectivity index (χ4v) is 4.75. The summed E-state index contributed by atoms with van der Waals surface area (Å²) in [6.45, 7) is 1.88. The van der Waals surface area contributed by atoms with Crippen LogP contribution in [0.25, 0.3) is 5.57 Å². The van der Waals surface area contributed by atoms with Crippen molar-refractivity contribution in [1.29, 1.82) is 0 Å².